The fourth-order valence-electron chi connectivity index (χ4n) is 4.65. The molecular weight excluding hydrogens is 438 g/mol. The van der Waals surface area contributed by atoms with Crippen LogP contribution >= 0.6 is 0 Å². The van der Waals surface area contributed by atoms with Gasteiger partial charge in [-0.15, -0.1) is 0 Å². The van der Waals surface area contributed by atoms with Gasteiger partial charge in [-0.2, -0.15) is 0 Å². The highest BCUT2D eigenvalue weighted by atomic mass is 16.3. The van der Waals surface area contributed by atoms with Gasteiger partial charge in [0.25, 0.3) is 12.4 Å². The van der Waals surface area contributed by atoms with Gasteiger partial charge in [0.1, 0.15) is 5.82 Å². The number of hydrogen-bond donors (Lipinski definition) is 2. The van der Waals surface area contributed by atoms with E-state index in [1.54, 1.807) is 0 Å². The summed E-state index contributed by atoms with van der Waals surface area (Å²) in [4.78, 5) is 26.1. The molecular formula is C29H31N3O3. The van der Waals surface area contributed by atoms with E-state index in [1.165, 1.54) is 28.7 Å². The molecule has 6 heteroatoms. The Kier molecular flexibility index (Phi) is 7.30. The first-order valence-corrected chi connectivity index (χ1v) is 12.0. The molecule has 2 N–H and O–H groups in total. The van der Waals surface area contributed by atoms with Gasteiger partial charge in [-0.25, -0.2) is 4.98 Å². The van der Waals surface area contributed by atoms with Crippen molar-refractivity contribution in [1.82, 2.24) is 14.9 Å². The number of nitrogens with one attached hydrogen (secondary N) is 1. The molecule has 1 amide bonds. The van der Waals surface area contributed by atoms with Crippen molar-refractivity contribution in [3.05, 3.63) is 77.4 Å². The summed E-state index contributed by atoms with van der Waals surface area (Å²) >= 11 is 0. The Bertz CT molecular complexity index is 1370. The Morgan fingerprint density at radius 1 is 1.06 bits per heavy atom. The number of carboxylic acid groups (broad SMARTS) is 1. The van der Waals surface area contributed by atoms with E-state index in [9.17, 15) is 4.79 Å². The van der Waals surface area contributed by atoms with Crippen molar-refractivity contribution < 1.29 is 14.7 Å². The molecule has 0 bridgehead atoms. The van der Waals surface area contributed by atoms with Gasteiger partial charge in [-0.1, -0.05) is 48.0 Å². The fourth-order valence-corrected chi connectivity index (χ4v) is 4.65. The topological polar surface area (TPSA) is 84.2 Å². The number of benzene rings is 3. The Morgan fingerprint density at radius 3 is 2.40 bits per heavy atom. The molecule has 180 valence electrons. The van der Waals surface area contributed by atoms with Crippen LogP contribution in [0.1, 0.15) is 47.7 Å². The number of carbonyl (C=O) groups excluding carboxylic acids is 1. The van der Waals surface area contributed by atoms with Crippen LogP contribution in [-0.4, -0.2) is 33.1 Å². The van der Waals surface area contributed by atoms with Crippen LogP contribution in [0.15, 0.2) is 60.7 Å². The van der Waals surface area contributed by atoms with E-state index in [2.05, 4.69) is 73.1 Å². The first-order valence-electron chi connectivity index (χ1n) is 12.0. The van der Waals surface area contributed by atoms with Crippen LogP contribution in [0.25, 0.3) is 33.5 Å². The summed E-state index contributed by atoms with van der Waals surface area (Å²) in [7, 11) is 0. The second kappa shape index (κ2) is 10.6. The van der Waals surface area contributed by atoms with Crippen LogP contribution in [0.4, 0.5) is 0 Å². The first-order chi connectivity index (χ1) is 17.0. The Morgan fingerprint density at radius 2 is 1.77 bits per heavy atom. The van der Waals surface area contributed by atoms with E-state index in [4.69, 9.17) is 14.9 Å². The van der Waals surface area contributed by atoms with Gasteiger partial charge in [-0.3, -0.25) is 9.59 Å². The number of fused-ring (bicyclic) bond motifs is 1. The third-order valence-electron chi connectivity index (χ3n) is 6.61. The molecule has 1 fully saturated rings. The van der Waals surface area contributed by atoms with Crippen molar-refractivity contribution in [3.63, 3.8) is 0 Å². The van der Waals surface area contributed by atoms with Gasteiger partial charge in [-0.05, 0) is 74.9 Å². The van der Waals surface area contributed by atoms with E-state index in [0.29, 0.717) is 11.6 Å². The van der Waals surface area contributed by atoms with Crippen molar-refractivity contribution in [2.24, 2.45) is 0 Å². The average Bonchev–Trinajstić information content (AvgIpc) is 3.19. The monoisotopic (exact) mass is 469 g/mol. The lowest BCUT2D eigenvalue weighted by Gasteiger charge is -2.26. The molecule has 0 spiro atoms. The highest BCUT2D eigenvalue weighted by Crippen LogP contribution is 2.35. The number of aryl methyl sites for hydroxylation is 3. The highest BCUT2D eigenvalue weighted by molar-refractivity contribution is 5.98. The first kappa shape index (κ1) is 24.2. The summed E-state index contributed by atoms with van der Waals surface area (Å²) in [5, 5.41) is 10.0. The predicted molar refractivity (Wildman–Crippen MR) is 140 cm³/mol. The van der Waals surface area contributed by atoms with Crippen molar-refractivity contribution in [1.29, 1.82) is 0 Å². The summed E-state index contributed by atoms with van der Waals surface area (Å²) in [5.74, 6) is 0.939. The van der Waals surface area contributed by atoms with Crippen LogP contribution in [0.2, 0.25) is 0 Å². The number of aromatic nitrogens is 2. The molecule has 1 aliphatic rings. The van der Waals surface area contributed by atoms with E-state index in [1.807, 2.05) is 18.2 Å². The molecule has 4 aromatic rings. The third-order valence-corrected chi connectivity index (χ3v) is 6.61. The second-order valence-corrected chi connectivity index (χ2v) is 8.95. The van der Waals surface area contributed by atoms with E-state index in [0.717, 1.165) is 41.8 Å². The van der Waals surface area contributed by atoms with Crippen LogP contribution in [0.3, 0.4) is 0 Å². The van der Waals surface area contributed by atoms with E-state index >= 15 is 0 Å². The zero-order chi connectivity index (χ0) is 24.9. The SMILES string of the molecule is CCn1c(-c2ccccc2-c2ccc(C)cc2C)nc2cc(C(=O)NC3CCC3)ccc21.O=CO. The van der Waals surface area contributed by atoms with Crippen molar-refractivity contribution in [2.75, 3.05) is 0 Å². The zero-order valence-corrected chi connectivity index (χ0v) is 20.4. The molecule has 0 radical (unpaired) electrons. The molecule has 1 aliphatic carbocycles. The molecule has 1 aromatic heterocycles. The molecule has 6 nitrogen and oxygen atoms in total. The minimum atomic E-state index is -0.250. The number of hydrogen-bond acceptors (Lipinski definition) is 3. The lowest BCUT2D eigenvalue weighted by molar-refractivity contribution is -0.122. The van der Waals surface area contributed by atoms with Crippen LogP contribution in [-0.2, 0) is 11.3 Å². The lowest BCUT2D eigenvalue weighted by atomic mass is 9.93. The third kappa shape index (κ3) is 4.97. The maximum atomic E-state index is 12.7. The average molecular weight is 470 g/mol. The maximum Gasteiger partial charge on any atom is 0.290 e. The minimum Gasteiger partial charge on any atom is -0.483 e. The predicted octanol–water partition coefficient (Wildman–Crippen LogP) is 5.99. The molecule has 5 rings (SSSR count). The van der Waals surface area contributed by atoms with Gasteiger partial charge in [0, 0.05) is 23.7 Å². The summed E-state index contributed by atoms with van der Waals surface area (Å²) < 4.78 is 2.24. The molecule has 0 saturated heterocycles. The van der Waals surface area contributed by atoms with Gasteiger partial charge >= 0.3 is 0 Å². The van der Waals surface area contributed by atoms with Crippen molar-refractivity contribution in [3.8, 4) is 22.5 Å². The molecule has 1 heterocycles. The number of imidazole rings is 1. The van der Waals surface area contributed by atoms with Gasteiger partial charge < -0.3 is 15.0 Å². The van der Waals surface area contributed by atoms with Crippen molar-refractivity contribution >= 4 is 23.4 Å². The maximum absolute atomic E-state index is 12.7. The van der Waals surface area contributed by atoms with Crippen molar-refractivity contribution in [2.45, 2.75) is 52.6 Å². The molecule has 0 unspecified atom stereocenters. The molecule has 0 aliphatic heterocycles. The van der Waals surface area contributed by atoms with Gasteiger partial charge in [0.05, 0.1) is 11.0 Å². The lowest BCUT2D eigenvalue weighted by Crippen LogP contribution is -2.39. The van der Waals surface area contributed by atoms with Crippen LogP contribution in [0.5, 0.6) is 0 Å². The van der Waals surface area contributed by atoms with Gasteiger partial charge in [0.15, 0.2) is 0 Å². The summed E-state index contributed by atoms with van der Waals surface area (Å²) in [6, 6.07) is 21.3. The molecule has 35 heavy (non-hydrogen) atoms. The number of nitrogens with zero attached hydrogens (tertiary/aromatic N) is 2. The van der Waals surface area contributed by atoms with E-state index in [-0.39, 0.29) is 12.4 Å². The highest BCUT2D eigenvalue weighted by Gasteiger charge is 2.21. The quantitative estimate of drug-likeness (QED) is 0.352. The largest absolute Gasteiger partial charge is 0.483 e. The fraction of sp³-hybridized carbons (Fsp3) is 0.276. The summed E-state index contributed by atoms with van der Waals surface area (Å²) in [5.41, 5.74) is 8.62. The van der Waals surface area contributed by atoms with Gasteiger partial charge in [0.2, 0.25) is 0 Å². The molecule has 0 atom stereocenters. The standard InChI is InChI=1S/C28H29N3O.CH2O2/c1-4-31-26-15-13-20(28(32)29-21-8-7-9-21)17-25(26)30-27(31)24-11-6-5-10-23(24)22-14-12-18(2)16-19(22)3;2-1-3/h5-6,10-17,21H,4,7-9H2,1-3H3,(H,29,32);1H,(H,2,3). The molecule has 3 aromatic carbocycles. The molecule has 1 saturated carbocycles. The summed E-state index contributed by atoms with van der Waals surface area (Å²) in [6.07, 6.45) is 3.36. The number of rotatable bonds is 5. The Labute approximate surface area is 205 Å². The minimum absolute atomic E-state index is 0.000112. The second-order valence-electron chi connectivity index (χ2n) is 8.95. The normalized spacial score (nSPS) is 13.0. The zero-order valence-electron chi connectivity index (χ0n) is 20.4. The van der Waals surface area contributed by atoms with Crippen LogP contribution in [0, 0.1) is 13.8 Å². The number of amides is 1. The Hall–Kier alpha value is -3.93. The van der Waals surface area contributed by atoms with E-state index < -0.39 is 0 Å². The van der Waals surface area contributed by atoms with Crippen LogP contribution < -0.4 is 5.32 Å². The smallest absolute Gasteiger partial charge is 0.290 e. The Balaban J connectivity index is 0.000000917. The number of carbonyl (C=O) groups is 2. The summed E-state index contributed by atoms with van der Waals surface area (Å²) in [6.45, 7) is 6.98.